The molecule has 2 aromatic carbocycles. The summed E-state index contributed by atoms with van der Waals surface area (Å²) in [6.45, 7) is 2.09. The summed E-state index contributed by atoms with van der Waals surface area (Å²) in [4.78, 5) is 41.0. The molecular formula is C19H16N4O4. The Hall–Kier alpha value is -3.68. The normalized spacial score (nSPS) is 13.9. The number of benzene rings is 2. The molecule has 0 atom stereocenters. The van der Waals surface area contributed by atoms with Gasteiger partial charge in [-0.1, -0.05) is 12.1 Å². The lowest BCUT2D eigenvalue weighted by Gasteiger charge is -2.13. The van der Waals surface area contributed by atoms with E-state index < -0.39 is 6.03 Å². The van der Waals surface area contributed by atoms with Gasteiger partial charge in [-0.05, 0) is 42.8 Å². The lowest BCUT2D eigenvalue weighted by molar-refractivity contribution is -0.117. The molecule has 4 rings (SSSR count). The SMILES string of the molecule is Cc1cccc2oc(CNC(=O)c3ccc(N4CC(=O)NC4=O)cc3)nc12. The average Bonchev–Trinajstić information content (AvgIpc) is 3.23. The van der Waals surface area contributed by atoms with E-state index in [9.17, 15) is 14.4 Å². The second kappa shape index (κ2) is 6.56. The van der Waals surface area contributed by atoms with Gasteiger partial charge in [-0.3, -0.25) is 19.8 Å². The lowest BCUT2D eigenvalue weighted by Crippen LogP contribution is -2.28. The summed E-state index contributed by atoms with van der Waals surface area (Å²) in [5.74, 6) is -0.214. The molecule has 0 aliphatic carbocycles. The summed E-state index contributed by atoms with van der Waals surface area (Å²) in [7, 11) is 0. The Labute approximate surface area is 154 Å². The van der Waals surface area contributed by atoms with Crippen molar-refractivity contribution in [1.29, 1.82) is 0 Å². The lowest BCUT2D eigenvalue weighted by atomic mass is 10.2. The minimum atomic E-state index is -0.469. The number of urea groups is 1. The number of nitrogens with one attached hydrogen (secondary N) is 2. The number of carbonyl (C=O) groups excluding carboxylic acids is 3. The Morgan fingerprint density at radius 1 is 1.22 bits per heavy atom. The number of aromatic nitrogens is 1. The first-order chi connectivity index (χ1) is 13.0. The van der Waals surface area contributed by atoms with Crippen molar-refractivity contribution in [3.63, 3.8) is 0 Å². The van der Waals surface area contributed by atoms with Gasteiger partial charge in [-0.2, -0.15) is 0 Å². The molecule has 27 heavy (non-hydrogen) atoms. The number of para-hydroxylation sites is 1. The molecule has 2 heterocycles. The maximum absolute atomic E-state index is 12.3. The van der Waals surface area contributed by atoms with Crippen LogP contribution in [0.15, 0.2) is 46.9 Å². The van der Waals surface area contributed by atoms with E-state index in [0.29, 0.717) is 22.7 Å². The van der Waals surface area contributed by atoms with Crippen LogP contribution in [0.1, 0.15) is 21.8 Å². The van der Waals surface area contributed by atoms with Crippen molar-refractivity contribution in [2.45, 2.75) is 13.5 Å². The molecule has 3 aromatic rings. The molecule has 0 unspecified atom stereocenters. The van der Waals surface area contributed by atoms with Crippen LogP contribution >= 0.6 is 0 Å². The first-order valence-electron chi connectivity index (χ1n) is 8.36. The quantitative estimate of drug-likeness (QED) is 0.690. The van der Waals surface area contributed by atoms with Crippen LogP contribution < -0.4 is 15.5 Å². The van der Waals surface area contributed by atoms with Gasteiger partial charge in [0.2, 0.25) is 11.8 Å². The first-order valence-corrected chi connectivity index (χ1v) is 8.36. The number of hydrogen-bond donors (Lipinski definition) is 2. The van der Waals surface area contributed by atoms with Crippen LogP contribution in [0.2, 0.25) is 0 Å². The van der Waals surface area contributed by atoms with Gasteiger partial charge in [-0.15, -0.1) is 0 Å². The Bertz CT molecular complexity index is 1060. The van der Waals surface area contributed by atoms with E-state index in [1.807, 2.05) is 25.1 Å². The number of amides is 4. The summed E-state index contributed by atoms with van der Waals surface area (Å²) >= 11 is 0. The van der Waals surface area contributed by atoms with Crippen LogP contribution in [0.5, 0.6) is 0 Å². The van der Waals surface area contributed by atoms with Crippen molar-refractivity contribution >= 4 is 34.6 Å². The monoisotopic (exact) mass is 364 g/mol. The summed E-state index contributed by atoms with van der Waals surface area (Å²) < 4.78 is 5.63. The van der Waals surface area contributed by atoms with E-state index in [1.165, 1.54) is 4.90 Å². The third kappa shape index (κ3) is 3.24. The van der Waals surface area contributed by atoms with Gasteiger partial charge >= 0.3 is 6.03 Å². The second-order valence-electron chi connectivity index (χ2n) is 6.20. The zero-order chi connectivity index (χ0) is 19.0. The number of carbonyl (C=O) groups is 3. The molecule has 1 aliphatic heterocycles. The van der Waals surface area contributed by atoms with Crippen molar-refractivity contribution < 1.29 is 18.8 Å². The van der Waals surface area contributed by atoms with Gasteiger partial charge in [0.25, 0.3) is 5.91 Å². The maximum atomic E-state index is 12.3. The van der Waals surface area contributed by atoms with E-state index in [0.717, 1.165) is 11.1 Å². The molecule has 8 nitrogen and oxygen atoms in total. The topological polar surface area (TPSA) is 105 Å². The molecule has 136 valence electrons. The molecule has 0 bridgehead atoms. The second-order valence-corrected chi connectivity index (χ2v) is 6.20. The Kier molecular flexibility index (Phi) is 4.08. The van der Waals surface area contributed by atoms with Crippen molar-refractivity contribution in [1.82, 2.24) is 15.6 Å². The van der Waals surface area contributed by atoms with E-state index in [2.05, 4.69) is 15.6 Å². The van der Waals surface area contributed by atoms with E-state index in [-0.39, 0.29) is 24.9 Å². The highest BCUT2D eigenvalue weighted by Crippen LogP contribution is 2.19. The Morgan fingerprint density at radius 2 is 2.00 bits per heavy atom. The fourth-order valence-electron chi connectivity index (χ4n) is 2.91. The molecule has 4 amide bonds. The van der Waals surface area contributed by atoms with Crippen molar-refractivity contribution in [2.24, 2.45) is 0 Å². The minimum Gasteiger partial charge on any atom is -0.439 e. The zero-order valence-corrected chi connectivity index (χ0v) is 14.5. The fraction of sp³-hybridized carbons (Fsp3) is 0.158. The first kappa shape index (κ1) is 16.8. The summed E-state index contributed by atoms with van der Waals surface area (Å²) in [5.41, 5.74) is 3.45. The maximum Gasteiger partial charge on any atom is 0.329 e. The fourth-order valence-corrected chi connectivity index (χ4v) is 2.91. The van der Waals surface area contributed by atoms with Gasteiger partial charge in [0.1, 0.15) is 12.1 Å². The standard InChI is InChI=1S/C19H16N4O4/c1-11-3-2-4-14-17(11)22-16(27-14)9-20-18(25)12-5-7-13(8-6-12)23-10-15(24)21-19(23)26/h2-8H,9-10H2,1H3,(H,20,25)(H,21,24,26). The molecule has 0 radical (unpaired) electrons. The number of aryl methyl sites for hydroxylation is 1. The predicted molar refractivity (Wildman–Crippen MR) is 97.2 cm³/mol. The van der Waals surface area contributed by atoms with Gasteiger partial charge in [-0.25, -0.2) is 9.78 Å². The highest BCUT2D eigenvalue weighted by atomic mass is 16.3. The molecule has 0 spiro atoms. The summed E-state index contributed by atoms with van der Waals surface area (Å²) in [6.07, 6.45) is 0. The van der Waals surface area contributed by atoms with Crippen LogP contribution in [0.3, 0.4) is 0 Å². The molecule has 1 fully saturated rings. The van der Waals surface area contributed by atoms with E-state index in [1.54, 1.807) is 24.3 Å². The largest absolute Gasteiger partial charge is 0.439 e. The van der Waals surface area contributed by atoms with Crippen LogP contribution in [-0.4, -0.2) is 29.4 Å². The third-order valence-electron chi connectivity index (χ3n) is 4.30. The molecule has 8 heteroatoms. The van der Waals surface area contributed by atoms with Crippen molar-refractivity contribution in [3.8, 4) is 0 Å². The number of anilines is 1. The van der Waals surface area contributed by atoms with Gasteiger partial charge < -0.3 is 9.73 Å². The molecule has 1 saturated heterocycles. The number of imide groups is 1. The highest BCUT2D eigenvalue weighted by Gasteiger charge is 2.27. The number of hydrogen-bond acceptors (Lipinski definition) is 5. The van der Waals surface area contributed by atoms with Gasteiger partial charge in [0.05, 0.1) is 6.54 Å². The Balaban J connectivity index is 1.42. The van der Waals surface area contributed by atoms with Gasteiger partial charge in [0, 0.05) is 11.3 Å². The average molecular weight is 364 g/mol. The van der Waals surface area contributed by atoms with Crippen LogP contribution in [0, 0.1) is 6.92 Å². The number of fused-ring (bicyclic) bond motifs is 1. The van der Waals surface area contributed by atoms with Crippen LogP contribution in [0.4, 0.5) is 10.5 Å². The number of nitrogens with zero attached hydrogens (tertiary/aromatic N) is 2. The summed E-state index contributed by atoms with van der Waals surface area (Å²) in [6, 6.07) is 11.6. The molecule has 1 aliphatic rings. The van der Waals surface area contributed by atoms with Gasteiger partial charge in [0.15, 0.2) is 5.58 Å². The zero-order valence-electron chi connectivity index (χ0n) is 14.5. The minimum absolute atomic E-state index is 0.0263. The third-order valence-corrected chi connectivity index (χ3v) is 4.30. The Morgan fingerprint density at radius 3 is 2.67 bits per heavy atom. The molecule has 0 saturated carbocycles. The van der Waals surface area contributed by atoms with Crippen molar-refractivity contribution in [2.75, 3.05) is 11.4 Å². The molecule has 1 aromatic heterocycles. The van der Waals surface area contributed by atoms with E-state index in [4.69, 9.17) is 4.42 Å². The highest BCUT2D eigenvalue weighted by molar-refractivity contribution is 6.12. The molecular weight excluding hydrogens is 348 g/mol. The van der Waals surface area contributed by atoms with Crippen molar-refractivity contribution in [3.05, 3.63) is 59.5 Å². The summed E-state index contributed by atoms with van der Waals surface area (Å²) in [5, 5.41) is 4.97. The molecule has 2 N–H and O–H groups in total. The predicted octanol–water partition coefficient (Wildman–Crippen LogP) is 2.12. The number of oxazole rings is 1. The smallest absolute Gasteiger partial charge is 0.329 e. The van der Waals surface area contributed by atoms with Crippen LogP contribution in [0.25, 0.3) is 11.1 Å². The number of rotatable bonds is 4. The van der Waals surface area contributed by atoms with Crippen LogP contribution in [-0.2, 0) is 11.3 Å². The van der Waals surface area contributed by atoms with E-state index >= 15 is 0 Å².